The Labute approximate surface area is 105 Å². The van der Waals surface area contributed by atoms with E-state index in [4.69, 9.17) is 16.0 Å². The summed E-state index contributed by atoms with van der Waals surface area (Å²) in [5.74, 6) is -0.0438. The van der Waals surface area contributed by atoms with Crippen LogP contribution in [0.5, 0.6) is 0 Å². The SMILES string of the molecule is O=c1[nH]nc(Cl)cc1-c1cc2cc(F)ccc2o1. The van der Waals surface area contributed by atoms with Gasteiger partial charge in [0.05, 0.1) is 5.56 Å². The van der Waals surface area contributed by atoms with Gasteiger partial charge in [0.1, 0.15) is 22.3 Å². The van der Waals surface area contributed by atoms with E-state index in [0.717, 1.165) is 0 Å². The molecule has 3 rings (SSSR count). The number of fused-ring (bicyclic) bond motifs is 1. The smallest absolute Gasteiger partial charge is 0.275 e. The van der Waals surface area contributed by atoms with E-state index in [2.05, 4.69) is 10.2 Å². The Hall–Kier alpha value is -2.14. The Bertz CT molecular complexity index is 794. The molecule has 0 radical (unpaired) electrons. The van der Waals surface area contributed by atoms with E-state index in [1.165, 1.54) is 24.3 Å². The van der Waals surface area contributed by atoms with Crippen LogP contribution in [0, 0.1) is 5.82 Å². The minimum atomic E-state index is -0.418. The van der Waals surface area contributed by atoms with Crippen LogP contribution >= 0.6 is 11.6 Å². The number of nitrogens with zero attached hydrogens (tertiary/aromatic N) is 1. The molecule has 0 bridgehead atoms. The summed E-state index contributed by atoms with van der Waals surface area (Å²) in [6, 6.07) is 7.11. The van der Waals surface area contributed by atoms with Gasteiger partial charge >= 0.3 is 0 Å². The van der Waals surface area contributed by atoms with Gasteiger partial charge in [0.2, 0.25) is 0 Å². The van der Waals surface area contributed by atoms with Gasteiger partial charge in [0.25, 0.3) is 5.56 Å². The molecule has 0 aliphatic heterocycles. The molecule has 3 aromatic rings. The maximum atomic E-state index is 13.1. The molecule has 6 heteroatoms. The predicted octanol–water partition coefficient (Wildman–Crippen LogP) is 2.98. The molecule has 0 spiro atoms. The lowest BCUT2D eigenvalue weighted by molar-refractivity contribution is 0.618. The van der Waals surface area contributed by atoms with Gasteiger partial charge in [0.15, 0.2) is 0 Å². The Morgan fingerprint density at radius 1 is 1.28 bits per heavy atom. The molecule has 90 valence electrons. The quantitative estimate of drug-likeness (QED) is 0.735. The number of halogens is 2. The summed E-state index contributed by atoms with van der Waals surface area (Å²) in [5, 5.41) is 6.54. The first-order valence-electron chi connectivity index (χ1n) is 5.08. The van der Waals surface area contributed by atoms with Crippen LogP contribution < -0.4 is 5.56 Å². The van der Waals surface area contributed by atoms with Gasteiger partial charge in [-0.15, -0.1) is 0 Å². The number of furan rings is 1. The molecule has 0 saturated carbocycles. The highest BCUT2D eigenvalue weighted by atomic mass is 35.5. The van der Waals surface area contributed by atoms with Crippen molar-refractivity contribution in [1.29, 1.82) is 0 Å². The van der Waals surface area contributed by atoms with Gasteiger partial charge in [-0.25, -0.2) is 9.49 Å². The minimum absolute atomic E-state index is 0.149. The van der Waals surface area contributed by atoms with Crippen molar-refractivity contribution in [1.82, 2.24) is 10.2 Å². The topological polar surface area (TPSA) is 58.9 Å². The Kier molecular flexibility index (Phi) is 2.41. The minimum Gasteiger partial charge on any atom is -0.456 e. The third kappa shape index (κ3) is 1.78. The highest BCUT2D eigenvalue weighted by Gasteiger charge is 2.11. The van der Waals surface area contributed by atoms with Crippen LogP contribution in [0.1, 0.15) is 0 Å². The standard InChI is InChI=1S/C12H6ClFN2O2/c13-11-5-8(12(17)16-15-11)10-4-6-3-7(14)1-2-9(6)18-10/h1-5H,(H,16,17). The van der Waals surface area contributed by atoms with E-state index in [1.54, 1.807) is 6.07 Å². The third-order valence-electron chi connectivity index (χ3n) is 2.52. The van der Waals surface area contributed by atoms with Crippen molar-refractivity contribution in [3.05, 3.63) is 51.7 Å². The first-order chi connectivity index (χ1) is 8.63. The number of nitrogens with one attached hydrogen (secondary N) is 1. The van der Waals surface area contributed by atoms with Crippen LogP contribution in [0.4, 0.5) is 4.39 Å². The highest BCUT2D eigenvalue weighted by Crippen LogP contribution is 2.26. The molecule has 0 aliphatic carbocycles. The molecule has 2 heterocycles. The lowest BCUT2D eigenvalue weighted by atomic mass is 10.2. The molecule has 4 nitrogen and oxygen atoms in total. The summed E-state index contributed by atoms with van der Waals surface area (Å²) < 4.78 is 18.5. The summed E-state index contributed by atoms with van der Waals surface area (Å²) in [6.07, 6.45) is 0. The van der Waals surface area contributed by atoms with Crippen LogP contribution in [-0.4, -0.2) is 10.2 Å². The normalized spacial score (nSPS) is 11.0. The van der Waals surface area contributed by atoms with Crippen LogP contribution in [0.3, 0.4) is 0 Å². The second-order valence-electron chi connectivity index (χ2n) is 3.73. The monoisotopic (exact) mass is 264 g/mol. The summed E-state index contributed by atoms with van der Waals surface area (Å²) in [5.41, 5.74) is 0.337. The summed E-state index contributed by atoms with van der Waals surface area (Å²) in [4.78, 5) is 11.6. The Balaban J connectivity index is 2.25. The van der Waals surface area contributed by atoms with E-state index in [0.29, 0.717) is 16.7 Å². The Morgan fingerprint density at radius 3 is 2.94 bits per heavy atom. The number of aromatic amines is 1. The molecule has 1 N–H and O–H groups in total. The lowest BCUT2D eigenvalue weighted by Gasteiger charge is -1.94. The fourth-order valence-electron chi connectivity index (χ4n) is 1.71. The number of hydrogen-bond donors (Lipinski definition) is 1. The molecule has 0 aliphatic rings. The van der Waals surface area contributed by atoms with Gasteiger partial charge in [0, 0.05) is 5.39 Å². The zero-order valence-corrected chi connectivity index (χ0v) is 9.66. The number of hydrogen-bond acceptors (Lipinski definition) is 3. The van der Waals surface area contributed by atoms with Gasteiger partial charge in [-0.1, -0.05) is 11.6 Å². The average molecular weight is 265 g/mol. The molecule has 18 heavy (non-hydrogen) atoms. The van der Waals surface area contributed by atoms with Crippen molar-refractivity contribution in [2.45, 2.75) is 0 Å². The van der Waals surface area contributed by atoms with Crippen LogP contribution in [0.15, 0.2) is 39.5 Å². The van der Waals surface area contributed by atoms with Gasteiger partial charge in [-0.2, -0.15) is 5.10 Å². The van der Waals surface area contributed by atoms with E-state index in [-0.39, 0.29) is 16.5 Å². The second-order valence-corrected chi connectivity index (χ2v) is 4.11. The molecule has 0 saturated heterocycles. The maximum Gasteiger partial charge on any atom is 0.275 e. The molecular weight excluding hydrogens is 259 g/mol. The van der Waals surface area contributed by atoms with Crippen molar-refractivity contribution >= 4 is 22.6 Å². The molecule has 0 unspecified atom stereocenters. The predicted molar refractivity (Wildman–Crippen MR) is 65.0 cm³/mol. The number of benzene rings is 1. The van der Waals surface area contributed by atoms with Crippen LogP contribution in [0.2, 0.25) is 5.15 Å². The molecule has 0 fully saturated rings. The van der Waals surface area contributed by atoms with Crippen molar-refractivity contribution in [2.24, 2.45) is 0 Å². The zero-order valence-electron chi connectivity index (χ0n) is 8.91. The van der Waals surface area contributed by atoms with Gasteiger partial charge in [-0.3, -0.25) is 4.79 Å². The fourth-order valence-corrected chi connectivity index (χ4v) is 1.86. The maximum absolute atomic E-state index is 13.1. The van der Waals surface area contributed by atoms with Crippen molar-refractivity contribution in [3.63, 3.8) is 0 Å². The fraction of sp³-hybridized carbons (Fsp3) is 0. The zero-order chi connectivity index (χ0) is 12.7. The number of H-pyrrole nitrogens is 1. The Morgan fingerprint density at radius 2 is 2.11 bits per heavy atom. The first-order valence-corrected chi connectivity index (χ1v) is 5.46. The highest BCUT2D eigenvalue weighted by molar-refractivity contribution is 6.29. The van der Waals surface area contributed by atoms with E-state index < -0.39 is 5.56 Å². The lowest BCUT2D eigenvalue weighted by Crippen LogP contribution is -2.09. The largest absolute Gasteiger partial charge is 0.456 e. The first kappa shape index (κ1) is 11.0. The number of aromatic nitrogens is 2. The van der Waals surface area contributed by atoms with Crippen LogP contribution in [-0.2, 0) is 0 Å². The van der Waals surface area contributed by atoms with E-state index >= 15 is 0 Å². The van der Waals surface area contributed by atoms with E-state index in [1.807, 2.05) is 0 Å². The second kappa shape index (κ2) is 3.96. The molecule has 0 amide bonds. The third-order valence-corrected chi connectivity index (χ3v) is 2.71. The van der Waals surface area contributed by atoms with Crippen molar-refractivity contribution in [3.8, 4) is 11.3 Å². The summed E-state index contributed by atoms with van der Waals surface area (Å²) in [7, 11) is 0. The molecular formula is C12H6ClFN2O2. The van der Waals surface area contributed by atoms with E-state index in [9.17, 15) is 9.18 Å². The summed E-state index contributed by atoms with van der Waals surface area (Å²) in [6.45, 7) is 0. The molecule has 1 aromatic carbocycles. The average Bonchev–Trinajstić information content (AvgIpc) is 2.74. The van der Waals surface area contributed by atoms with Crippen molar-refractivity contribution < 1.29 is 8.81 Å². The van der Waals surface area contributed by atoms with Crippen LogP contribution in [0.25, 0.3) is 22.3 Å². The molecule has 2 aromatic heterocycles. The van der Waals surface area contributed by atoms with Gasteiger partial charge in [-0.05, 0) is 30.3 Å². The van der Waals surface area contributed by atoms with Gasteiger partial charge < -0.3 is 4.42 Å². The van der Waals surface area contributed by atoms with Crippen molar-refractivity contribution in [2.75, 3.05) is 0 Å². The summed E-state index contributed by atoms with van der Waals surface area (Å²) >= 11 is 5.71. The molecule has 0 atom stereocenters. The number of rotatable bonds is 1.